The second-order valence-corrected chi connectivity index (χ2v) is 5.75. The zero-order chi connectivity index (χ0) is 13.1. The molecule has 0 fully saturated rings. The third kappa shape index (κ3) is 3.42. The predicted molar refractivity (Wildman–Crippen MR) is 73.9 cm³/mol. The maximum Gasteiger partial charge on any atom is 0.146 e. The van der Waals surface area contributed by atoms with Gasteiger partial charge in [-0.05, 0) is 62.2 Å². The van der Waals surface area contributed by atoms with E-state index < -0.39 is 0 Å². The average Bonchev–Trinajstić information content (AvgIpc) is 2.26. The standard InChI is InChI=1S/C16H24O/c1-12(14(3)11-17)8-9-15-13(2)7-6-10-16(15,4)5/h8-9,11H,6-7,10H2,1-5H3/b9-8+,14-12+/i3+1. The summed E-state index contributed by atoms with van der Waals surface area (Å²) in [6, 6.07) is 0. The van der Waals surface area contributed by atoms with E-state index in [1.54, 1.807) is 0 Å². The van der Waals surface area contributed by atoms with Crippen molar-refractivity contribution in [1.82, 2.24) is 0 Å². The van der Waals surface area contributed by atoms with Gasteiger partial charge in [-0.1, -0.05) is 31.6 Å². The van der Waals surface area contributed by atoms with E-state index in [2.05, 4.69) is 32.9 Å². The molecule has 1 rings (SSSR count). The van der Waals surface area contributed by atoms with Gasteiger partial charge in [0.15, 0.2) is 0 Å². The second kappa shape index (κ2) is 5.48. The Morgan fingerprint density at radius 1 is 1.24 bits per heavy atom. The lowest BCUT2D eigenvalue weighted by atomic mass is 9.72. The van der Waals surface area contributed by atoms with E-state index in [4.69, 9.17) is 0 Å². The molecule has 0 atom stereocenters. The Morgan fingerprint density at radius 3 is 2.41 bits per heavy atom. The first kappa shape index (κ1) is 14.0. The van der Waals surface area contributed by atoms with Gasteiger partial charge in [0.25, 0.3) is 0 Å². The van der Waals surface area contributed by atoms with Crippen molar-refractivity contribution in [2.45, 2.75) is 53.9 Å². The van der Waals surface area contributed by atoms with E-state index in [0.29, 0.717) is 0 Å². The molecule has 0 saturated heterocycles. The molecule has 1 aliphatic carbocycles. The summed E-state index contributed by atoms with van der Waals surface area (Å²) in [5.74, 6) is 0. The summed E-state index contributed by atoms with van der Waals surface area (Å²) in [4.78, 5) is 10.7. The fourth-order valence-electron chi connectivity index (χ4n) is 2.44. The third-order valence-corrected chi connectivity index (χ3v) is 3.84. The molecule has 0 unspecified atom stereocenters. The molecule has 0 aliphatic heterocycles. The van der Waals surface area contributed by atoms with Gasteiger partial charge in [-0.25, -0.2) is 0 Å². The van der Waals surface area contributed by atoms with Crippen LogP contribution < -0.4 is 0 Å². The number of rotatable bonds is 3. The topological polar surface area (TPSA) is 17.1 Å². The number of aldehydes is 1. The highest BCUT2D eigenvalue weighted by molar-refractivity contribution is 5.74. The van der Waals surface area contributed by atoms with Gasteiger partial charge in [-0.15, -0.1) is 0 Å². The number of allylic oxidation sites excluding steroid dienone is 6. The van der Waals surface area contributed by atoms with Crippen LogP contribution in [0, 0.1) is 5.41 Å². The maximum absolute atomic E-state index is 10.7. The van der Waals surface area contributed by atoms with Crippen LogP contribution in [0.3, 0.4) is 0 Å². The number of carbonyl (C=O) groups is 1. The Labute approximate surface area is 105 Å². The molecule has 0 saturated carbocycles. The first-order valence-electron chi connectivity index (χ1n) is 6.39. The molecule has 0 aromatic heterocycles. The molecule has 0 amide bonds. The molecule has 1 nitrogen and oxygen atoms in total. The molecular formula is C16H24O. The smallest absolute Gasteiger partial charge is 0.146 e. The minimum absolute atomic E-state index is 0.272. The van der Waals surface area contributed by atoms with Gasteiger partial charge in [0.2, 0.25) is 0 Å². The summed E-state index contributed by atoms with van der Waals surface area (Å²) in [7, 11) is 0. The predicted octanol–water partition coefficient (Wildman–Crippen LogP) is 4.60. The van der Waals surface area contributed by atoms with Crippen LogP contribution in [0.2, 0.25) is 0 Å². The fraction of sp³-hybridized carbons (Fsp3) is 0.562. The molecule has 0 heterocycles. The molecule has 0 aromatic carbocycles. The highest BCUT2D eigenvalue weighted by Crippen LogP contribution is 2.40. The molecule has 1 aliphatic rings. The van der Waals surface area contributed by atoms with Crippen LogP contribution in [0.5, 0.6) is 0 Å². The van der Waals surface area contributed by atoms with E-state index in [0.717, 1.165) is 17.4 Å². The Balaban J connectivity index is 3.01. The molecule has 94 valence electrons. The van der Waals surface area contributed by atoms with Crippen LogP contribution in [-0.4, -0.2) is 6.29 Å². The zero-order valence-corrected chi connectivity index (χ0v) is 11.8. The quantitative estimate of drug-likeness (QED) is 0.301. The Kier molecular flexibility index (Phi) is 4.50. The van der Waals surface area contributed by atoms with Crippen molar-refractivity contribution < 1.29 is 4.79 Å². The lowest BCUT2D eigenvalue weighted by molar-refractivity contribution is -0.104. The van der Waals surface area contributed by atoms with Crippen LogP contribution in [0.4, 0.5) is 0 Å². The third-order valence-electron chi connectivity index (χ3n) is 3.84. The molecule has 0 N–H and O–H groups in total. The number of hydrogen-bond acceptors (Lipinski definition) is 1. The van der Waals surface area contributed by atoms with Crippen LogP contribution >= 0.6 is 0 Å². The van der Waals surface area contributed by atoms with Gasteiger partial charge in [0.05, 0.1) is 0 Å². The van der Waals surface area contributed by atoms with E-state index in [1.807, 2.05) is 13.8 Å². The molecule has 0 bridgehead atoms. The second-order valence-electron chi connectivity index (χ2n) is 5.75. The molecular weight excluding hydrogens is 209 g/mol. The van der Waals surface area contributed by atoms with Crippen LogP contribution in [-0.2, 0) is 4.79 Å². The summed E-state index contributed by atoms with van der Waals surface area (Å²) in [6.45, 7) is 10.7. The van der Waals surface area contributed by atoms with Crippen molar-refractivity contribution in [3.05, 3.63) is 34.4 Å². The molecule has 1 heteroatoms. The minimum atomic E-state index is 0.272. The van der Waals surface area contributed by atoms with E-state index in [1.165, 1.54) is 30.4 Å². The molecule has 0 radical (unpaired) electrons. The highest BCUT2D eigenvalue weighted by atomic mass is 16.1. The van der Waals surface area contributed by atoms with Gasteiger partial charge in [0, 0.05) is 0 Å². The first-order valence-corrected chi connectivity index (χ1v) is 6.39. The van der Waals surface area contributed by atoms with Crippen molar-refractivity contribution in [2.75, 3.05) is 0 Å². The van der Waals surface area contributed by atoms with Crippen LogP contribution in [0.25, 0.3) is 0 Å². The van der Waals surface area contributed by atoms with Crippen LogP contribution in [0.1, 0.15) is 53.9 Å². The van der Waals surface area contributed by atoms with E-state index >= 15 is 0 Å². The van der Waals surface area contributed by atoms with Crippen molar-refractivity contribution in [3.63, 3.8) is 0 Å². The molecule has 0 spiro atoms. The maximum atomic E-state index is 10.7. The average molecular weight is 233 g/mol. The summed E-state index contributed by atoms with van der Waals surface area (Å²) in [5, 5.41) is 0. The van der Waals surface area contributed by atoms with Gasteiger partial charge < -0.3 is 0 Å². The fourth-order valence-corrected chi connectivity index (χ4v) is 2.44. The van der Waals surface area contributed by atoms with E-state index in [9.17, 15) is 4.79 Å². The first-order chi connectivity index (χ1) is 7.88. The normalized spacial score (nSPS) is 21.7. The number of hydrogen-bond donors (Lipinski definition) is 0. The van der Waals surface area contributed by atoms with Gasteiger partial charge in [0.1, 0.15) is 6.29 Å². The lowest BCUT2D eigenvalue weighted by Gasteiger charge is -2.33. The largest absolute Gasteiger partial charge is 0.298 e. The highest BCUT2D eigenvalue weighted by Gasteiger charge is 2.26. The summed E-state index contributed by atoms with van der Waals surface area (Å²) < 4.78 is 0. The van der Waals surface area contributed by atoms with Crippen molar-refractivity contribution >= 4 is 6.29 Å². The van der Waals surface area contributed by atoms with Crippen molar-refractivity contribution in [2.24, 2.45) is 5.41 Å². The summed E-state index contributed by atoms with van der Waals surface area (Å²) >= 11 is 0. The van der Waals surface area contributed by atoms with E-state index in [-0.39, 0.29) is 5.41 Å². The zero-order valence-electron chi connectivity index (χ0n) is 11.8. The van der Waals surface area contributed by atoms with Gasteiger partial charge >= 0.3 is 0 Å². The van der Waals surface area contributed by atoms with Crippen molar-refractivity contribution in [3.8, 4) is 0 Å². The SMILES string of the molecule is CC1=C(/C=C/C(C)=C(\[13CH3])C=O)C(C)(C)CCC1. The van der Waals surface area contributed by atoms with Crippen molar-refractivity contribution in [1.29, 1.82) is 0 Å². The summed E-state index contributed by atoms with van der Waals surface area (Å²) in [5.41, 5.74) is 5.08. The lowest BCUT2D eigenvalue weighted by Crippen LogP contribution is -2.19. The van der Waals surface area contributed by atoms with Crippen LogP contribution in [0.15, 0.2) is 34.4 Å². The Hall–Kier alpha value is -1.11. The van der Waals surface area contributed by atoms with Gasteiger partial charge in [-0.2, -0.15) is 0 Å². The Bertz CT molecular complexity index is 392. The monoisotopic (exact) mass is 233 g/mol. The minimum Gasteiger partial charge on any atom is -0.298 e. The van der Waals surface area contributed by atoms with Gasteiger partial charge in [-0.3, -0.25) is 4.79 Å². The summed E-state index contributed by atoms with van der Waals surface area (Å²) in [6.07, 6.45) is 8.95. The Morgan fingerprint density at radius 2 is 1.88 bits per heavy atom. The molecule has 17 heavy (non-hydrogen) atoms. The number of carbonyl (C=O) groups excluding carboxylic acids is 1. The molecule has 0 aromatic rings.